The number of ether oxygens (including phenoxy) is 5. The van der Waals surface area contributed by atoms with Gasteiger partial charge in [0.2, 0.25) is 0 Å². The van der Waals surface area contributed by atoms with Crippen LogP contribution in [0, 0.1) is 17.8 Å². The predicted molar refractivity (Wildman–Crippen MR) is 112 cm³/mol. The molecule has 7 heteroatoms. The Kier molecular flexibility index (Phi) is 9.13. The molecule has 172 valence electrons. The average molecular weight is 427 g/mol. The molecule has 1 N–H and O–H groups in total. The first kappa shape index (κ1) is 25.1. The molecule has 2 rings (SSSR count). The van der Waals surface area contributed by atoms with Gasteiger partial charge in [-0.25, -0.2) is 0 Å². The molecule has 0 spiro atoms. The third-order valence-electron chi connectivity index (χ3n) is 6.45. The lowest BCUT2D eigenvalue weighted by Gasteiger charge is -2.36. The molecule has 0 amide bonds. The molecule has 0 aliphatic carbocycles. The highest BCUT2D eigenvalue weighted by Crippen LogP contribution is 2.45. The van der Waals surface area contributed by atoms with Crippen LogP contribution in [0.4, 0.5) is 0 Å². The van der Waals surface area contributed by atoms with Crippen LogP contribution in [0.2, 0.25) is 0 Å². The summed E-state index contributed by atoms with van der Waals surface area (Å²) in [7, 11) is 1.61. The van der Waals surface area contributed by atoms with Crippen molar-refractivity contribution < 1.29 is 33.6 Å². The minimum atomic E-state index is -0.598. The Bertz CT molecular complexity index is 627. The Morgan fingerprint density at radius 3 is 2.63 bits per heavy atom. The summed E-state index contributed by atoms with van der Waals surface area (Å²) in [6.07, 6.45) is 3.43. The van der Waals surface area contributed by atoms with E-state index < -0.39 is 6.10 Å². The first-order valence-corrected chi connectivity index (χ1v) is 10.9. The maximum atomic E-state index is 10.8. The Balaban J connectivity index is 1.84. The maximum absolute atomic E-state index is 10.8. The zero-order valence-electron chi connectivity index (χ0n) is 19.2. The SMILES string of the molecule is COCO[C@H](C)[C@]1(C)CC[C@H]([C@]2(C)CC[C@@H](C[C@H](O)[C@@H](C)C#CCOC(C)=O)O2)O1. The Labute approximate surface area is 180 Å². The number of esters is 1. The van der Waals surface area contributed by atoms with Crippen LogP contribution in [0.15, 0.2) is 0 Å². The highest BCUT2D eigenvalue weighted by molar-refractivity contribution is 5.66. The Hall–Kier alpha value is -1.17. The second-order valence-corrected chi connectivity index (χ2v) is 8.96. The van der Waals surface area contributed by atoms with Crippen LogP contribution in [-0.2, 0) is 28.5 Å². The van der Waals surface area contributed by atoms with E-state index in [0.717, 1.165) is 25.7 Å². The van der Waals surface area contributed by atoms with Gasteiger partial charge >= 0.3 is 5.97 Å². The second-order valence-electron chi connectivity index (χ2n) is 8.96. The number of methoxy groups -OCH3 is 1. The van der Waals surface area contributed by atoms with Crippen LogP contribution in [0.1, 0.15) is 66.7 Å². The van der Waals surface area contributed by atoms with E-state index in [2.05, 4.69) is 25.7 Å². The average Bonchev–Trinajstić information content (AvgIpc) is 3.28. The molecule has 7 nitrogen and oxygen atoms in total. The third kappa shape index (κ3) is 6.66. The van der Waals surface area contributed by atoms with Gasteiger partial charge < -0.3 is 28.8 Å². The molecule has 0 bridgehead atoms. The van der Waals surface area contributed by atoms with Crippen LogP contribution in [0.25, 0.3) is 0 Å². The highest BCUT2D eigenvalue weighted by Gasteiger charge is 2.51. The molecule has 0 radical (unpaired) electrons. The number of rotatable bonds is 9. The fourth-order valence-corrected chi connectivity index (χ4v) is 4.20. The van der Waals surface area contributed by atoms with Crippen LogP contribution < -0.4 is 0 Å². The number of hydrogen-bond acceptors (Lipinski definition) is 7. The van der Waals surface area contributed by atoms with Gasteiger partial charge in [0, 0.05) is 26.4 Å². The van der Waals surface area contributed by atoms with Gasteiger partial charge in [0.25, 0.3) is 0 Å². The molecule has 0 unspecified atom stereocenters. The van der Waals surface area contributed by atoms with Gasteiger partial charge in [0.1, 0.15) is 6.79 Å². The van der Waals surface area contributed by atoms with Gasteiger partial charge in [0.05, 0.1) is 35.6 Å². The minimum absolute atomic E-state index is 0.000757. The van der Waals surface area contributed by atoms with E-state index in [1.165, 1.54) is 6.92 Å². The normalized spacial score (nSPS) is 34.1. The van der Waals surface area contributed by atoms with Gasteiger partial charge in [-0.1, -0.05) is 11.8 Å². The van der Waals surface area contributed by atoms with Crippen LogP contribution in [-0.4, -0.2) is 67.2 Å². The predicted octanol–water partition coefficient (Wildman–Crippen LogP) is 2.82. The topological polar surface area (TPSA) is 83.5 Å². The molecular weight excluding hydrogens is 388 g/mol. The molecule has 2 saturated heterocycles. The van der Waals surface area contributed by atoms with E-state index in [-0.39, 0.29) is 54.8 Å². The summed E-state index contributed by atoms with van der Waals surface area (Å²) in [5, 5.41) is 10.5. The van der Waals surface area contributed by atoms with Gasteiger partial charge in [0.15, 0.2) is 6.61 Å². The van der Waals surface area contributed by atoms with Gasteiger partial charge in [-0.15, -0.1) is 0 Å². The second kappa shape index (κ2) is 10.9. The van der Waals surface area contributed by atoms with E-state index in [1.807, 2.05) is 13.8 Å². The molecule has 0 aromatic rings. The quantitative estimate of drug-likeness (QED) is 0.345. The van der Waals surface area contributed by atoms with Crippen molar-refractivity contribution in [2.45, 2.75) is 102 Å². The zero-order chi connectivity index (χ0) is 22.4. The lowest BCUT2D eigenvalue weighted by molar-refractivity contribution is -0.194. The standard InChI is InChI=1S/C23H38O7/c1-16(8-7-13-27-18(3)24)20(25)14-19-9-11-23(5,29-19)21-10-12-22(4,30-21)17(2)28-15-26-6/h16-17,19-21,25H,9-15H2,1-6H3/t16-,17+,19-,20-,21+,22-,23-/m0/s1. The summed E-state index contributed by atoms with van der Waals surface area (Å²) in [5.74, 6) is 5.15. The molecule has 0 aromatic carbocycles. The van der Waals surface area contributed by atoms with Crippen LogP contribution >= 0.6 is 0 Å². The molecule has 30 heavy (non-hydrogen) atoms. The van der Waals surface area contributed by atoms with Crippen molar-refractivity contribution in [1.82, 2.24) is 0 Å². The van der Waals surface area contributed by atoms with Gasteiger partial charge in [-0.3, -0.25) is 4.79 Å². The summed E-state index contributed by atoms with van der Waals surface area (Å²) in [5.41, 5.74) is -0.730. The van der Waals surface area contributed by atoms with E-state index >= 15 is 0 Å². The number of aliphatic hydroxyl groups is 1. The number of aliphatic hydroxyl groups excluding tert-OH is 1. The van der Waals surface area contributed by atoms with Crippen LogP contribution in [0.5, 0.6) is 0 Å². The lowest BCUT2D eigenvalue weighted by Crippen LogP contribution is -2.45. The van der Waals surface area contributed by atoms with E-state index in [0.29, 0.717) is 6.42 Å². The van der Waals surface area contributed by atoms with Gasteiger partial charge in [-0.2, -0.15) is 0 Å². The number of carbonyl (C=O) groups excluding carboxylic acids is 1. The number of hydrogen-bond donors (Lipinski definition) is 1. The fourth-order valence-electron chi connectivity index (χ4n) is 4.20. The minimum Gasteiger partial charge on any atom is -0.453 e. The monoisotopic (exact) mass is 426 g/mol. The van der Waals surface area contributed by atoms with Crippen molar-refractivity contribution in [1.29, 1.82) is 0 Å². The third-order valence-corrected chi connectivity index (χ3v) is 6.45. The van der Waals surface area contributed by atoms with Crippen molar-refractivity contribution in [3.05, 3.63) is 0 Å². The molecular formula is C23H38O7. The molecule has 7 atom stereocenters. The van der Waals surface area contributed by atoms with Crippen molar-refractivity contribution >= 4 is 5.97 Å². The Morgan fingerprint density at radius 1 is 1.23 bits per heavy atom. The summed E-state index contributed by atoms with van der Waals surface area (Å²) in [6.45, 7) is 9.73. The molecule has 0 saturated carbocycles. The summed E-state index contributed by atoms with van der Waals surface area (Å²) < 4.78 is 28.4. The largest absolute Gasteiger partial charge is 0.453 e. The smallest absolute Gasteiger partial charge is 0.303 e. The van der Waals surface area contributed by atoms with Gasteiger partial charge in [-0.05, 0) is 53.4 Å². The van der Waals surface area contributed by atoms with Crippen molar-refractivity contribution in [3.63, 3.8) is 0 Å². The lowest BCUT2D eigenvalue weighted by atomic mass is 9.91. The first-order chi connectivity index (χ1) is 14.1. The van der Waals surface area contributed by atoms with Crippen LogP contribution in [0.3, 0.4) is 0 Å². The Morgan fingerprint density at radius 2 is 1.97 bits per heavy atom. The first-order valence-electron chi connectivity index (χ1n) is 10.9. The van der Waals surface area contributed by atoms with Crippen molar-refractivity contribution in [3.8, 4) is 11.8 Å². The molecule has 2 heterocycles. The zero-order valence-corrected chi connectivity index (χ0v) is 19.2. The summed E-state index contributed by atoms with van der Waals surface area (Å²) in [4.78, 5) is 10.8. The van der Waals surface area contributed by atoms with E-state index in [4.69, 9.17) is 23.7 Å². The summed E-state index contributed by atoms with van der Waals surface area (Å²) in [6, 6.07) is 0. The van der Waals surface area contributed by atoms with E-state index in [9.17, 15) is 9.90 Å². The molecule has 2 aliphatic heterocycles. The fraction of sp³-hybridized carbons (Fsp3) is 0.870. The highest BCUT2D eigenvalue weighted by atomic mass is 16.7. The molecule has 2 aliphatic rings. The van der Waals surface area contributed by atoms with Crippen molar-refractivity contribution in [2.75, 3.05) is 20.5 Å². The summed E-state index contributed by atoms with van der Waals surface area (Å²) >= 11 is 0. The van der Waals surface area contributed by atoms with E-state index in [1.54, 1.807) is 7.11 Å². The number of carbonyl (C=O) groups is 1. The molecule has 0 aromatic heterocycles. The molecule has 2 fully saturated rings. The van der Waals surface area contributed by atoms with Crippen molar-refractivity contribution in [2.24, 2.45) is 5.92 Å². The maximum Gasteiger partial charge on any atom is 0.303 e.